The Bertz CT molecular complexity index is 750. The maximum atomic E-state index is 11.9. The Labute approximate surface area is 165 Å². The summed E-state index contributed by atoms with van der Waals surface area (Å²) in [6.07, 6.45) is 2.90. The Balaban J connectivity index is 1.77. The highest BCUT2D eigenvalue weighted by Crippen LogP contribution is 2.18. The number of amides is 1. The summed E-state index contributed by atoms with van der Waals surface area (Å²) in [5.41, 5.74) is 2.33. The van der Waals surface area contributed by atoms with Gasteiger partial charge in [-0.25, -0.2) is 0 Å². The molecular formula is C19H30N6OS. The first-order valence-corrected chi connectivity index (χ1v) is 10.1. The van der Waals surface area contributed by atoms with E-state index < -0.39 is 0 Å². The summed E-state index contributed by atoms with van der Waals surface area (Å²) in [6, 6.07) is 3.72. The molecule has 0 bridgehead atoms. The van der Waals surface area contributed by atoms with Crippen molar-refractivity contribution < 1.29 is 4.79 Å². The number of rotatable bonds is 8. The lowest BCUT2D eigenvalue weighted by Crippen LogP contribution is -2.39. The monoisotopic (exact) mass is 390 g/mol. The predicted molar refractivity (Wildman–Crippen MR) is 111 cm³/mol. The van der Waals surface area contributed by atoms with Gasteiger partial charge in [0.2, 0.25) is 0 Å². The molecule has 0 atom stereocenters. The third-order valence-corrected chi connectivity index (χ3v) is 5.00. The van der Waals surface area contributed by atoms with Gasteiger partial charge in [0.1, 0.15) is 0 Å². The first-order valence-electron chi connectivity index (χ1n) is 9.18. The SMILES string of the molecule is CN=C(NCCCNC(=O)c1cccs1)N(C)Cc1cn(C)nc1C(C)C. The zero-order chi connectivity index (χ0) is 19.8. The first-order chi connectivity index (χ1) is 12.9. The van der Waals surface area contributed by atoms with Crippen molar-refractivity contribution in [2.24, 2.45) is 12.0 Å². The average molecular weight is 391 g/mol. The quantitative estimate of drug-likeness (QED) is 0.412. The normalized spacial score (nSPS) is 11.7. The molecule has 27 heavy (non-hydrogen) atoms. The van der Waals surface area contributed by atoms with Gasteiger partial charge >= 0.3 is 0 Å². The molecule has 0 unspecified atom stereocenters. The predicted octanol–water partition coefficient (Wildman–Crippen LogP) is 2.43. The smallest absolute Gasteiger partial charge is 0.261 e. The fourth-order valence-electron chi connectivity index (χ4n) is 2.86. The van der Waals surface area contributed by atoms with Gasteiger partial charge in [-0.3, -0.25) is 14.5 Å². The van der Waals surface area contributed by atoms with Crippen LogP contribution in [0.5, 0.6) is 0 Å². The molecule has 0 aromatic carbocycles. The van der Waals surface area contributed by atoms with Crippen LogP contribution < -0.4 is 10.6 Å². The number of guanidine groups is 1. The van der Waals surface area contributed by atoms with Gasteiger partial charge in [0.15, 0.2) is 5.96 Å². The summed E-state index contributed by atoms with van der Waals surface area (Å²) in [7, 11) is 5.75. The number of aliphatic imine (C=N–C) groups is 1. The lowest BCUT2D eigenvalue weighted by atomic mass is 10.1. The van der Waals surface area contributed by atoms with Crippen LogP contribution in [0.1, 0.15) is 47.1 Å². The number of hydrogen-bond acceptors (Lipinski definition) is 4. The summed E-state index contributed by atoms with van der Waals surface area (Å²) < 4.78 is 1.87. The van der Waals surface area contributed by atoms with E-state index >= 15 is 0 Å². The molecule has 148 valence electrons. The Morgan fingerprint density at radius 3 is 2.74 bits per heavy atom. The average Bonchev–Trinajstić information content (AvgIpc) is 3.27. The van der Waals surface area contributed by atoms with Gasteiger partial charge in [-0.15, -0.1) is 11.3 Å². The molecule has 2 heterocycles. The first kappa shape index (κ1) is 21.0. The van der Waals surface area contributed by atoms with Gasteiger partial charge in [-0.1, -0.05) is 19.9 Å². The van der Waals surface area contributed by atoms with E-state index in [2.05, 4.69) is 45.7 Å². The van der Waals surface area contributed by atoms with Crippen molar-refractivity contribution in [3.63, 3.8) is 0 Å². The number of hydrogen-bond donors (Lipinski definition) is 2. The standard InChI is InChI=1S/C19H30N6OS/c1-14(2)17-15(13-25(5)23-17)12-24(4)19(20-3)22-10-7-9-21-18(26)16-8-6-11-27-16/h6,8,11,13-14H,7,9-10,12H2,1-5H3,(H,20,22)(H,21,26). The van der Waals surface area contributed by atoms with Crippen molar-refractivity contribution in [2.75, 3.05) is 27.2 Å². The molecule has 0 saturated heterocycles. The largest absolute Gasteiger partial charge is 0.356 e. The minimum Gasteiger partial charge on any atom is -0.356 e. The van der Waals surface area contributed by atoms with Gasteiger partial charge < -0.3 is 15.5 Å². The second kappa shape index (κ2) is 10.1. The minimum atomic E-state index is -0.00991. The molecule has 2 rings (SSSR count). The maximum Gasteiger partial charge on any atom is 0.261 e. The highest BCUT2D eigenvalue weighted by Gasteiger charge is 2.15. The van der Waals surface area contributed by atoms with E-state index in [-0.39, 0.29) is 5.91 Å². The second-order valence-corrected chi connectivity index (χ2v) is 7.73. The molecule has 2 aromatic heterocycles. The second-order valence-electron chi connectivity index (χ2n) is 6.78. The van der Waals surface area contributed by atoms with Crippen LogP contribution in [0.3, 0.4) is 0 Å². The fraction of sp³-hybridized carbons (Fsp3) is 0.526. The number of thiophene rings is 1. The molecule has 7 nitrogen and oxygen atoms in total. The number of nitrogens with one attached hydrogen (secondary N) is 2. The lowest BCUT2D eigenvalue weighted by molar-refractivity contribution is 0.0957. The molecule has 0 saturated carbocycles. The van der Waals surface area contributed by atoms with Crippen LogP contribution in [-0.2, 0) is 13.6 Å². The van der Waals surface area contributed by atoms with Crippen molar-refractivity contribution in [2.45, 2.75) is 32.7 Å². The van der Waals surface area contributed by atoms with Gasteiger partial charge in [0.05, 0.1) is 10.6 Å². The maximum absolute atomic E-state index is 11.9. The van der Waals surface area contributed by atoms with Crippen molar-refractivity contribution in [3.05, 3.63) is 39.8 Å². The fourth-order valence-corrected chi connectivity index (χ4v) is 3.50. The number of nitrogens with zero attached hydrogens (tertiary/aromatic N) is 4. The molecule has 0 aliphatic rings. The highest BCUT2D eigenvalue weighted by molar-refractivity contribution is 7.12. The van der Waals surface area contributed by atoms with Crippen LogP contribution in [-0.4, -0.2) is 53.7 Å². The molecule has 0 fully saturated rings. The van der Waals surface area contributed by atoms with E-state index in [4.69, 9.17) is 0 Å². The number of aromatic nitrogens is 2. The number of carbonyl (C=O) groups excluding carboxylic acids is 1. The summed E-state index contributed by atoms with van der Waals surface area (Å²) >= 11 is 1.45. The van der Waals surface area contributed by atoms with Crippen LogP contribution >= 0.6 is 11.3 Å². The van der Waals surface area contributed by atoms with Crippen molar-refractivity contribution in [3.8, 4) is 0 Å². The van der Waals surface area contributed by atoms with E-state index in [9.17, 15) is 4.79 Å². The number of carbonyl (C=O) groups is 1. The summed E-state index contributed by atoms with van der Waals surface area (Å²) in [5.74, 6) is 1.21. The molecule has 8 heteroatoms. The Morgan fingerprint density at radius 1 is 1.37 bits per heavy atom. The molecule has 0 aliphatic carbocycles. The molecule has 0 spiro atoms. The topological polar surface area (TPSA) is 74.6 Å². The molecule has 0 aliphatic heterocycles. The molecule has 1 amide bonds. The van der Waals surface area contributed by atoms with E-state index in [1.807, 2.05) is 36.3 Å². The van der Waals surface area contributed by atoms with Crippen LogP contribution in [0.25, 0.3) is 0 Å². The van der Waals surface area contributed by atoms with Crippen LogP contribution in [0.15, 0.2) is 28.7 Å². The zero-order valence-electron chi connectivity index (χ0n) is 16.8. The summed E-state index contributed by atoms with van der Waals surface area (Å²) in [6.45, 7) is 6.43. The van der Waals surface area contributed by atoms with E-state index in [0.29, 0.717) is 12.5 Å². The zero-order valence-corrected chi connectivity index (χ0v) is 17.6. The van der Waals surface area contributed by atoms with Crippen molar-refractivity contribution >= 4 is 23.2 Å². The Hall–Kier alpha value is -2.35. The molecule has 2 N–H and O–H groups in total. The third-order valence-electron chi connectivity index (χ3n) is 4.13. The van der Waals surface area contributed by atoms with Gasteiger partial charge in [-0.05, 0) is 23.8 Å². The minimum absolute atomic E-state index is 0.00991. The van der Waals surface area contributed by atoms with E-state index in [0.717, 1.165) is 36.0 Å². The van der Waals surface area contributed by atoms with Crippen LogP contribution in [0.4, 0.5) is 0 Å². The highest BCUT2D eigenvalue weighted by atomic mass is 32.1. The molecule has 2 aromatic rings. The van der Waals surface area contributed by atoms with Gasteiger partial charge in [0.25, 0.3) is 5.91 Å². The van der Waals surface area contributed by atoms with Crippen LogP contribution in [0, 0.1) is 0 Å². The van der Waals surface area contributed by atoms with Gasteiger partial charge in [-0.2, -0.15) is 5.10 Å². The van der Waals surface area contributed by atoms with Gasteiger partial charge in [0, 0.05) is 52.5 Å². The van der Waals surface area contributed by atoms with Crippen molar-refractivity contribution in [1.29, 1.82) is 0 Å². The van der Waals surface area contributed by atoms with E-state index in [1.165, 1.54) is 16.9 Å². The van der Waals surface area contributed by atoms with Crippen molar-refractivity contribution in [1.82, 2.24) is 25.3 Å². The third kappa shape index (κ3) is 6.09. The Kier molecular flexibility index (Phi) is 7.84. The van der Waals surface area contributed by atoms with E-state index in [1.54, 1.807) is 7.05 Å². The Morgan fingerprint density at radius 2 is 2.11 bits per heavy atom. The lowest BCUT2D eigenvalue weighted by Gasteiger charge is -2.22. The molecular weight excluding hydrogens is 360 g/mol. The summed E-state index contributed by atoms with van der Waals surface area (Å²) in [5, 5.41) is 12.8. The number of aryl methyl sites for hydroxylation is 1. The molecule has 0 radical (unpaired) electrons. The van der Waals surface area contributed by atoms with Crippen LogP contribution in [0.2, 0.25) is 0 Å². The summed E-state index contributed by atoms with van der Waals surface area (Å²) in [4.78, 5) is 19.1.